The number of anilines is 1. The second kappa shape index (κ2) is 8.46. The predicted octanol–water partition coefficient (Wildman–Crippen LogP) is 2.53. The van der Waals surface area contributed by atoms with Crippen LogP contribution in [0.2, 0.25) is 0 Å². The molecule has 0 radical (unpaired) electrons. The van der Waals surface area contributed by atoms with Crippen LogP contribution in [0.1, 0.15) is 12.1 Å². The molecule has 0 aliphatic rings. The Hall–Kier alpha value is -3.91. The molecule has 176 valence electrons. The number of aromatic nitrogens is 6. The SMILES string of the molecule is Cc1ccc(S(=O)OCCn2c(=O)n(C(F)F)c3c2nc(N)n2nc(-c4ccco4)nc32)cc1. The Bertz CT molecular complexity index is 1570. The van der Waals surface area contributed by atoms with Gasteiger partial charge in [-0.1, -0.05) is 17.7 Å². The fraction of sp³-hybridized carbons (Fsp3) is 0.200. The second-order valence-electron chi connectivity index (χ2n) is 7.24. The van der Waals surface area contributed by atoms with Gasteiger partial charge in [-0.05, 0) is 31.2 Å². The van der Waals surface area contributed by atoms with Crippen molar-refractivity contribution >= 4 is 33.8 Å². The monoisotopic (exact) mass is 489 g/mol. The zero-order valence-corrected chi connectivity index (χ0v) is 18.4. The molecular weight excluding hydrogens is 472 g/mol. The molecule has 0 aliphatic carbocycles. The molecule has 4 heterocycles. The number of rotatable bonds is 7. The van der Waals surface area contributed by atoms with E-state index in [0.29, 0.717) is 4.90 Å². The van der Waals surface area contributed by atoms with Gasteiger partial charge >= 0.3 is 12.2 Å². The van der Waals surface area contributed by atoms with Crippen molar-refractivity contribution in [2.24, 2.45) is 0 Å². The fourth-order valence-electron chi connectivity index (χ4n) is 3.47. The number of alkyl halides is 2. The molecule has 2 N–H and O–H groups in total. The van der Waals surface area contributed by atoms with Crippen LogP contribution >= 0.6 is 0 Å². The Balaban J connectivity index is 1.54. The van der Waals surface area contributed by atoms with Gasteiger partial charge in [0.05, 0.1) is 24.3 Å². The van der Waals surface area contributed by atoms with Crippen LogP contribution in [-0.4, -0.2) is 39.5 Å². The third kappa shape index (κ3) is 3.66. The molecule has 0 saturated heterocycles. The number of hydrogen-bond donors (Lipinski definition) is 1. The van der Waals surface area contributed by atoms with E-state index in [1.807, 2.05) is 6.92 Å². The Labute approximate surface area is 192 Å². The van der Waals surface area contributed by atoms with Crippen molar-refractivity contribution in [2.75, 3.05) is 12.3 Å². The number of benzene rings is 1. The maximum Gasteiger partial charge on any atom is 0.335 e. The second-order valence-corrected chi connectivity index (χ2v) is 8.42. The number of nitrogen functional groups attached to an aromatic ring is 1. The molecule has 4 aromatic heterocycles. The molecule has 0 spiro atoms. The standard InChI is InChI=1S/C20H17F2N7O4S/c1-11-4-6-12(7-5-11)34(31)33-10-8-27-16-14(28(18(21)22)20(27)30)17-24-15(13-3-2-9-32-13)26-29(17)19(23)25-16/h2-7,9,18H,8,10H2,1H3,(H2,23,25). The van der Waals surface area contributed by atoms with Crippen LogP contribution in [0.5, 0.6) is 0 Å². The molecule has 1 unspecified atom stereocenters. The minimum atomic E-state index is -3.18. The van der Waals surface area contributed by atoms with Crippen LogP contribution in [-0.2, 0) is 21.8 Å². The number of fused-ring (bicyclic) bond motifs is 3. The molecule has 0 bridgehead atoms. The molecule has 5 aromatic rings. The van der Waals surface area contributed by atoms with Crippen LogP contribution < -0.4 is 11.4 Å². The Morgan fingerprint density at radius 2 is 1.94 bits per heavy atom. The summed E-state index contributed by atoms with van der Waals surface area (Å²) in [7, 11) is 0. The zero-order valence-electron chi connectivity index (χ0n) is 17.6. The van der Waals surface area contributed by atoms with Gasteiger partial charge < -0.3 is 10.2 Å². The highest BCUT2D eigenvalue weighted by atomic mass is 32.2. The number of halogens is 2. The maximum atomic E-state index is 13.9. The van der Waals surface area contributed by atoms with Crippen molar-refractivity contribution in [3.8, 4) is 11.6 Å². The largest absolute Gasteiger partial charge is 0.461 e. The Morgan fingerprint density at radius 3 is 2.62 bits per heavy atom. The van der Waals surface area contributed by atoms with Gasteiger partial charge in [0.25, 0.3) is 0 Å². The van der Waals surface area contributed by atoms with E-state index < -0.39 is 23.3 Å². The van der Waals surface area contributed by atoms with Crippen LogP contribution in [0.4, 0.5) is 14.7 Å². The zero-order chi connectivity index (χ0) is 24.0. The van der Waals surface area contributed by atoms with Gasteiger partial charge in [0.2, 0.25) is 11.8 Å². The van der Waals surface area contributed by atoms with E-state index in [2.05, 4.69) is 15.1 Å². The van der Waals surface area contributed by atoms with Crippen molar-refractivity contribution in [3.63, 3.8) is 0 Å². The predicted molar refractivity (Wildman–Crippen MR) is 117 cm³/mol. The van der Waals surface area contributed by atoms with Crippen LogP contribution in [0.3, 0.4) is 0 Å². The van der Waals surface area contributed by atoms with Crippen LogP contribution in [0.25, 0.3) is 28.4 Å². The van der Waals surface area contributed by atoms with E-state index in [1.165, 1.54) is 6.26 Å². The van der Waals surface area contributed by atoms with Crippen LogP contribution in [0.15, 0.2) is 56.8 Å². The van der Waals surface area contributed by atoms with E-state index in [9.17, 15) is 17.8 Å². The minimum absolute atomic E-state index is 0.0869. The van der Waals surface area contributed by atoms with Gasteiger partial charge in [0, 0.05) is 0 Å². The molecule has 0 amide bonds. The lowest BCUT2D eigenvalue weighted by Gasteiger charge is -2.05. The first-order valence-corrected chi connectivity index (χ1v) is 11.0. The van der Waals surface area contributed by atoms with Gasteiger partial charge in [-0.3, -0.25) is 8.75 Å². The van der Waals surface area contributed by atoms with E-state index in [0.717, 1.165) is 14.6 Å². The Kier molecular flexibility index (Phi) is 5.45. The highest BCUT2D eigenvalue weighted by Gasteiger charge is 2.26. The summed E-state index contributed by atoms with van der Waals surface area (Å²) >= 11 is -1.80. The maximum absolute atomic E-state index is 13.9. The van der Waals surface area contributed by atoms with Crippen molar-refractivity contribution in [3.05, 3.63) is 58.7 Å². The first-order valence-electron chi connectivity index (χ1n) is 9.96. The molecule has 5 rings (SSSR count). The lowest BCUT2D eigenvalue weighted by Crippen LogP contribution is -2.26. The highest BCUT2D eigenvalue weighted by Crippen LogP contribution is 2.26. The van der Waals surface area contributed by atoms with E-state index in [1.54, 1.807) is 36.4 Å². The number of imidazole rings is 1. The number of hydrogen-bond acceptors (Lipinski definition) is 8. The van der Waals surface area contributed by atoms with Gasteiger partial charge in [-0.15, -0.1) is 5.10 Å². The summed E-state index contributed by atoms with van der Waals surface area (Å²) in [6, 6.07) is 10.1. The number of nitrogens with zero attached hydrogens (tertiary/aromatic N) is 6. The Morgan fingerprint density at radius 1 is 1.18 bits per heavy atom. The quantitative estimate of drug-likeness (QED) is 0.368. The molecule has 0 fully saturated rings. The molecule has 1 atom stereocenters. The number of nitrogens with two attached hydrogens (primary N) is 1. The van der Waals surface area contributed by atoms with Gasteiger partial charge in [0.15, 0.2) is 28.1 Å². The summed E-state index contributed by atoms with van der Waals surface area (Å²) in [5.74, 6) is 0.203. The van der Waals surface area contributed by atoms with E-state index in [4.69, 9.17) is 14.3 Å². The van der Waals surface area contributed by atoms with Crippen molar-refractivity contribution in [2.45, 2.75) is 24.9 Å². The van der Waals surface area contributed by atoms with Crippen molar-refractivity contribution in [1.29, 1.82) is 0 Å². The first-order chi connectivity index (χ1) is 16.3. The van der Waals surface area contributed by atoms with Gasteiger partial charge in [0.1, 0.15) is 5.52 Å². The minimum Gasteiger partial charge on any atom is -0.461 e. The van der Waals surface area contributed by atoms with Crippen LogP contribution in [0, 0.1) is 6.92 Å². The average Bonchev–Trinajstić information content (AvgIpc) is 3.53. The summed E-state index contributed by atoms with van der Waals surface area (Å²) < 4.78 is 53.1. The first kappa shape index (κ1) is 21.9. The van der Waals surface area contributed by atoms with E-state index in [-0.39, 0.29) is 52.1 Å². The van der Waals surface area contributed by atoms with Gasteiger partial charge in [-0.25, -0.2) is 18.6 Å². The van der Waals surface area contributed by atoms with E-state index >= 15 is 0 Å². The number of furan rings is 1. The lowest BCUT2D eigenvalue weighted by molar-refractivity contribution is 0.0702. The summed E-state index contributed by atoms with van der Waals surface area (Å²) in [6.45, 7) is -1.70. The topological polar surface area (TPSA) is 135 Å². The summed E-state index contributed by atoms with van der Waals surface area (Å²) in [5.41, 5.74) is 5.47. The third-order valence-corrected chi connectivity index (χ3v) is 6.10. The van der Waals surface area contributed by atoms with Crippen molar-refractivity contribution < 1.29 is 21.6 Å². The molecule has 34 heavy (non-hydrogen) atoms. The summed E-state index contributed by atoms with van der Waals surface area (Å²) in [6.07, 6.45) is 1.41. The smallest absolute Gasteiger partial charge is 0.335 e. The van der Waals surface area contributed by atoms with Crippen molar-refractivity contribution in [1.82, 2.24) is 28.7 Å². The lowest BCUT2D eigenvalue weighted by atomic mass is 10.2. The molecule has 1 aromatic carbocycles. The molecule has 0 saturated carbocycles. The fourth-order valence-corrected chi connectivity index (χ4v) is 4.19. The third-order valence-electron chi connectivity index (χ3n) is 5.06. The van der Waals surface area contributed by atoms with Gasteiger partial charge in [-0.2, -0.15) is 18.3 Å². The molecule has 14 heteroatoms. The normalized spacial score (nSPS) is 12.8. The molecule has 0 aliphatic heterocycles. The molecule has 11 nitrogen and oxygen atoms in total. The molecular formula is C20H17F2N7O4S. The average molecular weight is 489 g/mol. The summed E-state index contributed by atoms with van der Waals surface area (Å²) in [4.78, 5) is 21.7. The summed E-state index contributed by atoms with van der Waals surface area (Å²) in [5, 5.41) is 4.16. The number of aryl methyl sites for hydroxylation is 1. The highest BCUT2D eigenvalue weighted by molar-refractivity contribution is 7.80.